The van der Waals surface area contributed by atoms with E-state index >= 15 is 0 Å². The molecule has 17 heavy (non-hydrogen) atoms. The third-order valence-electron chi connectivity index (χ3n) is 2.85. The average molecular weight is 230 g/mol. The lowest BCUT2D eigenvalue weighted by Crippen LogP contribution is -2.30. The van der Waals surface area contributed by atoms with Crippen molar-refractivity contribution in [2.75, 3.05) is 13.6 Å². The predicted octanol–water partition coefficient (Wildman–Crippen LogP) is 1.81. The molecule has 2 rings (SSSR count). The molecule has 0 saturated carbocycles. The highest BCUT2D eigenvalue weighted by Crippen LogP contribution is 2.29. The minimum atomic E-state index is -0.522. The van der Waals surface area contributed by atoms with Gasteiger partial charge >= 0.3 is 6.03 Å². The van der Waals surface area contributed by atoms with Gasteiger partial charge in [0.15, 0.2) is 0 Å². The monoisotopic (exact) mass is 230 g/mol. The van der Waals surface area contributed by atoms with Gasteiger partial charge in [0.25, 0.3) is 5.91 Å². The summed E-state index contributed by atoms with van der Waals surface area (Å²) in [4.78, 5) is 26.6. The molecular formula is C13H14N2O2. The first-order chi connectivity index (χ1) is 8.16. The first kappa shape index (κ1) is 11.4. The van der Waals surface area contributed by atoms with Crippen molar-refractivity contribution in [1.29, 1.82) is 0 Å². The summed E-state index contributed by atoms with van der Waals surface area (Å²) in [6.45, 7) is 3.98. The lowest BCUT2D eigenvalue weighted by Gasteiger charge is -2.20. The van der Waals surface area contributed by atoms with Crippen molar-refractivity contribution in [3.63, 3.8) is 0 Å². The lowest BCUT2D eigenvalue weighted by atomic mass is 10.1. The van der Waals surface area contributed by atoms with Crippen molar-refractivity contribution in [2.24, 2.45) is 0 Å². The van der Waals surface area contributed by atoms with Gasteiger partial charge in [0.2, 0.25) is 0 Å². The summed E-state index contributed by atoms with van der Waals surface area (Å²) >= 11 is 0. The Hall–Kier alpha value is -2.10. The number of urea groups is 1. The molecule has 88 valence electrons. The largest absolute Gasteiger partial charge is 0.327 e. The molecule has 1 heterocycles. The smallest absolute Gasteiger partial charge is 0.304 e. The van der Waals surface area contributed by atoms with Crippen molar-refractivity contribution >= 4 is 11.9 Å². The minimum Gasteiger partial charge on any atom is -0.304 e. The van der Waals surface area contributed by atoms with Crippen LogP contribution in [-0.2, 0) is 4.79 Å². The molecule has 0 spiro atoms. The second-order valence-corrected chi connectivity index (χ2v) is 3.93. The Labute approximate surface area is 100 Å². The van der Waals surface area contributed by atoms with E-state index in [2.05, 4.69) is 6.58 Å². The summed E-state index contributed by atoms with van der Waals surface area (Å²) in [5.41, 5.74) is 0.831. The van der Waals surface area contributed by atoms with Gasteiger partial charge in [-0.25, -0.2) is 4.79 Å². The van der Waals surface area contributed by atoms with Gasteiger partial charge in [-0.3, -0.25) is 9.69 Å². The van der Waals surface area contributed by atoms with Crippen molar-refractivity contribution < 1.29 is 9.59 Å². The van der Waals surface area contributed by atoms with Gasteiger partial charge in [0.1, 0.15) is 6.04 Å². The maximum absolute atomic E-state index is 12.0. The molecule has 1 saturated heterocycles. The maximum Gasteiger partial charge on any atom is 0.327 e. The Balaban J connectivity index is 2.39. The lowest BCUT2D eigenvalue weighted by molar-refractivity contribution is -0.127. The molecule has 1 aliphatic rings. The van der Waals surface area contributed by atoms with E-state index < -0.39 is 6.04 Å². The van der Waals surface area contributed by atoms with Gasteiger partial charge in [-0.2, -0.15) is 0 Å². The number of imide groups is 1. The Bertz CT molecular complexity index is 456. The number of likely N-dealkylation sites (N-methyl/N-ethyl adjacent to an activating group) is 1. The first-order valence-electron chi connectivity index (χ1n) is 5.41. The van der Waals surface area contributed by atoms with Crippen LogP contribution in [-0.4, -0.2) is 35.3 Å². The number of amides is 3. The van der Waals surface area contributed by atoms with Crippen molar-refractivity contribution in [2.45, 2.75) is 6.04 Å². The van der Waals surface area contributed by atoms with Crippen LogP contribution in [0.15, 0.2) is 43.0 Å². The summed E-state index contributed by atoms with van der Waals surface area (Å²) in [5, 5.41) is 0. The van der Waals surface area contributed by atoms with Crippen LogP contribution in [0.4, 0.5) is 4.79 Å². The second kappa shape index (κ2) is 4.41. The average Bonchev–Trinajstić information content (AvgIpc) is 2.56. The Morgan fingerprint density at radius 2 is 1.94 bits per heavy atom. The fourth-order valence-corrected chi connectivity index (χ4v) is 1.99. The Kier molecular flexibility index (Phi) is 2.95. The summed E-state index contributed by atoms with van der Waals surface area (Å²) in [5.74, 6) is -0.192. The topological polar surface area (TPSA) is 40.6 Å². The van der Waals surface area contributed by atoms with Gasteiger partial charge in [-0.05, 0) is 5.56 Å². The maximum atomic E-state index is 12.0. The van der Waals surface area contributed by atoms with Crippen molar-refractivity contribution in [3.8, 4) is 0 Å². The molecule has 1 aromatic carbocycles. The molecule has 0 bridgehead atoms. The molecule has 4 nitrogen and oxygen atoms in total. The highest BCUT2D eigenvalue weighted by atomic mass is 16.2. The van der Waals surface area contributed by atoms with E-state index in [1.54, 1.807) is 6.08 Å². The molecule has 3 amide bonds. The van der Waals surface area contributed by atoms with Gasteiger partial charge < -0.3 is 4.90 Å². The second-order valence-electron chi connectivity index (χ2n) is 3.93. The number of hydrogen-bond acceptors (Lipinski definition) is 2. The zero-order valence-electron chi connectivity index (χ0n) is 9.67. The van der Waals surface area contributed by atoms with Gasteiger partial charge in [-0.1, -0.05) is 36.4 Å². The Morgan fingerprint density at radius 1 is 1.29 bits per heavy atom. The summed E-state index contributed by atoms with van der Waals surface area (Å²) in [6, 6.07) is 8.51. The van der Waals surface area contributed by atoms with Gasteiger partial charge in [0.05, 0.1) is 0 Å². The van der Waals surface area contributed by atoms with Crippen molar-refractivity contribution in [3.05, 3.63) is 48.6 Å². The molecule has 1 aromatic rings. The standard InChI is InChI=1S/C13H14N2O2/c1-3-9-15-11(10-7-5-4-6-8-10)12(16)14(2)13(15)17/h3-8,11H,1,9H2,2H3/t11-/m1/s1. The van der Waals surface area contributed by atoms with E-state index in [-0.39, 0.29) is 11.9 Å². The van der Waals surface area contributed by atoms with Crippen molar-refractivity contribution in [1.82, 2.24) is 9.80 Å². The molecule has 1 fully saturated rings. The number of rotatable bonds is 3. The van der Waals surface area contributed by atoms with E-state index in [4.69, 9.17) is 0 Å². The van der Waals surface area contributed by atoms with Crippen LogP contribution in [0.3, 0.4) is 0 Å². The third kappa shape index (κ3) is 1.82. The summed E-state index contributed by atoms with van der Waals surface area (Å²) in [7, 11) is 1.50. The van der Waals surface area contributed by atoms with Crippen LogP contribution < -0.4 is 0 Å². The normalized spacial score (nSPS) is 19.9. The third-order valence-corrected chi connectivity index (χ3v) is 2.85. The number of carbonyl (C=O) groups excluding carboxylic acids is 2. The Morgan fingerprint density at radius 3 is 2.53 bits per heavy atom. The molecule has 0 aliphatic carbocycles. The van der Waals surface area contributed by atoms with Gasteiger partial charge in [-0.15, -0.1) is 6.58 Å². The van der Waals surface area contributed by atoms with Crippen LogP contribution in [0.1, 0.15) is 11.6 Å². The fraction of sp³-hybridized carbons (Fsp3) is 0.231. The van der Waals surface area contributed by atoms with Crippen LogP contribution in [0.2, 0.25) is 0 Å². The first-order valence-corrected chi connectivity index (χ1v) is 5.41. The van der Waals surface area contributed by atoms with E-state index in [0.29, 0.717) is 6.54 Å². The molecule has 1 atom stereocenters. The van der Waals surface area contributed by atoms with Crippen LogP contribution in [0, 0.1) is 0 Å². The predicted molar refractivity (Wildman–Crippen MR) is 64.3 cm³/mol. The fourth-order valence-electron chi connectivity index (χ4n) is 1.99. The molecular weight excluding hydrogens is 216 g/mol. The number of nitrogens with zero attached hydrogens (tertiary/aromatic N) is 2. The quantitative estimate of drug-likeness (QED) is 0.587. The highest BCUT2D eigenvalue weighted by molar-refractivity contribution is 6.04. The number of benzene rings is 1. The summed E-state index contributed by atoms with van der Waals surface area (Å²) < 4.78 is 0. The highest BCUT2D eigenvalue weighted by Gasteiger charge is 2.43. The van der Waals surface area contributed by atoms with E-state index in [1.165, 1.54) is 11.9 Å². The summed E-state index contributed by atoms with van der Waals surface area (Å²) in [6.07, 6.45) is 1.63. The molecule has 0 aromatic heterocycles. The van der Waals surface area contributed by atoms with Crippen LogP contribution in [0.25, 0.3) is 0 Å². The minimum absolute atomic E-state index is 0.192. The molecule has 0 radical (unpaired) electrons. The van der Waals surface area contributed by atoms with E-state index in [9.17, 15) is 9.59 Å². The van der Waals surface area contributed by atoms with Crippen LogP contribution in [0.5, 0.6) is 0 Å². The van der Waals surface area contributed by atoms with Gasteiger partial charge in [0, 0.05) is 13.6 Å². The van der Waals surface area contributed by atoms with E-state index in [1.807, 2.05) is 30.3 Å². The number of hydrogen-bond donors (Lipinski definition) is 0. The number of carbonyl (C=O) groups is 2. The van der Waals surface area contributed by atoms with E-state index in [0.717, 1.165) is 10.5 Å². The zero-order chi connectivity index (χ0) is 12.4. The molecule has 0 unspecified atom stereocenters. The molecule has 4 heteroatoms. The molecule has 0 N–H and O–H groups in total. The van der Waals surface area contributed by atoms with Crippen LogP contribution >= 0.6 is 0 Å². The SMILES string of the molecule is C=CCN1C(=O)N(C)C(=O)[C@H]1c1ccccc1. The molecule has 1 aliphatic heterocycles. The zero-order valence-corrected chi connectivity index (χ0v) is 9.67.